The van der Waals surface area contributed by atoms with E-state index in [0.717, 1.165) is 18.7 Å². The third-order valence-corrected chi connectivity index (χ3v) is 4.66. The molecule has 1 amide bonds. The van der Waals surface area contributed by atoms with Gasteiger partial charge in [-0.05, 0) is 25.0 Å². The van der Waals surface area contributed by atoms with Gasteiger partial charge in [-0.3, -0.25) is 4.79 Å². The minimum Gasteiger partial charge on any atom is -0.493 e. The Hall–Kier alpha value is -2.42. The van der Waals surface area contributed by atoms with Crippen LogP contribution in [0.3, 0.4) is 0 Å². The molecule has 9 heteroatoms. The number of benzene rings is 1. The number of hydrogen-bond acceptors (Lipinski definition) is 7. The predicted octanol–water partition coefficient (Wildman–Crippen LogP) is 1.17. The van der Waals surface area contributed by atoms with Crippen LogP contribution in [-0.4, -0.2) is 46.8 Å². The molecule has 3 rings (SSSR count). The van der Waals surface area contributed by atoms with Crippen molar-refractivity contribution in [3.8, 4) is 11.5 Å². The van der Waals surface area contributed by atoms with Crippen LogP contribution in [0.1, 0.15) is 24.6 Å². The lowest BCUT2D eigenvalue weighted by Gasteiger charge is -2.10. The Morgan fingerprint density at radius 1 is 1.36 bits per heavy atom. The van der Waals surface area contributed by atoms with E-state index in [1.807, 2.05) is 24.3 Å². The standard InChI is InChI=1S/C16H21N5O3S/c1-23-12-4-2-3-5-13(12)24-9-8-18-14(22)10-25-16-20-19-15(21(16)17)11-6-7-11/h2-5,11H,6-10,17H2,1H3,(H,18,22). The van der Waals surface area contributed by atoms with Crippen molar-refractivity contribution in [1.29, 1.82) is 0 Å². The first-order valence-electron chi connectivity index (χ1n) is 8.04. The maximum Gasteiger partial charge on any atom is 0.230 e. The van der Waals surface area contributed by atoms with Crippen LogP contribution in [0, 0.1) is 0 Å². The maximum atomic E-state index is 11.9. The van der Waals surface area contributed by atoms with E-state index in [2.05, 4.69) is 15.5 Å². The van der Waals surface area contributed by atoms with Crippen LogP contribution in [0.15, 0.2) is 29.4 Å². The quantitative estimate of drug-likeness (QED) is 0.391. The molecule has 1 aromatic carbocycles. The number of aromatic nitrogens is 3. The summed E-state index contributed by atoms with van der Waals surface area (Å²) in [5.41, 5.74) is 0. The Balaban J connectivity index is 1.37. The summed E-state index contributed by atoms with van der Waals surface area (Å²) in [6.45, 7) is 0.760. The number of hydrogen-bond donors (Lipinski definition) is 2. The number of thioether (sulfide) groups is 1. The Morgan fingerprint density at radius 3 is 2.84 bits per heavy atom. The van der Waals surface area contributed by atoms with E-state index >= 15 is 0 Å². The maximum absolute atomic E-state index is 11.9. The number of methoxy groups -OCH3 is 1. The van der Waals surface area contributed by atoms with Crippen molar-refractivity contribution < 1.29 is 14.3 Å². The van der Waals surface area contributed by atoms with Crippen molar-refractivity contribution in [2.45, 2.75) is 23.9 Å². The normalized spacial score (nSPS) is 13.5. The Labute approximate surface area is 150 Å². The molecule has 0 bridgehead atoms. The van der Waals surface area contributed by atoms with Crippen LogP contribution in [0.4, 0.5) is 0 Å². The van der Waals surface area contributed by atoms with E-state index in [4.69, 9.17) is 15.3 Å². The zero-order chi connectivity index (χ0) is 17.6. The van der Waals surface area contributed by atoms with Crippen molar-refractivity contribution in [2.75, 3.05) is 31.9 Å². The number of carbonyl (C=O) groups excluding carboxylic acids is 1. The molecule has 0 aliphatic heterocycles. The molecule has 1 aliphatic rings. The van der Waals surface area contributed by atoms with Gasteiger partial charge in [-0.15, -0.1) is 10.2 Å². The monoisotopic (exact) mass is 363 g/mol. The van der Waals surface area contributed by atoms with E-state index in [-0.39, 0.29) is 11.7 Å². The minimum absolute atomic E-state index is 0.107. The molecule has 0 radical (unpaired) electrons. The molecule has 1 heterocycles. The van der Waals surface area contributed by atoms with Gasteiger partial charge in [0.25, 0.3) is 0 Å². The fourth-order valence-electron chi connectivity index (χ4n) is 2.28. The highest BCUT2D eigenvalue weighted by Crippen LogP contribution is 2.39. The summed E-state index contributed by atoms with van der Waals surface area (Å²) in [7, 11) is 1.59. The van der Waals surface area contributed by atoms with Gasteiger partial charge in [-0.1, -0.05) is 23.9 Å². The zero-order valence-corrected chi connectivity index (χ0v) is 14.8. The van der Waals surface area contributed by atoms with Gasteiger partial charge < -0.3 is 20.6 Å². The van der Waals surface area contributed by atoms with E-state index in [9.17, 15) is 4.79 Å². The Kier molecular flexibility index (Phi) is 5.64. The van der Waals surface area contributed by atoms with E-state index in [1.165, 1.54) is 16.4 Å². The van der Waals surface area contributed by atoms with Crippen molar-refractivity contribution in [3.63, 3.8) is 0 Å². The number of para-hydroxylation sites is 2. The second kappa shape index (κ2) is 8.11. The Morgan fingerprint density at radius 2 is 2.12 bits per heavy atom. The van der Waals surface area contributed by atoms with Gasteiger partial charge in [0.2, 0.25) is 11.1 Å². The third kappa shape index (κ3) is 4.56. The number of ether oxygens (including phenoxy) is 2. The molecule has 8 nitrogen and oxygen atoms in total. The van der Waals surface area contributed by atoms with Gasteiger partial charge in [-0.25, -0.2) is 4.68 Å². The van der Waals surface area contributed by atoms with Crippen LogP contribution < -0.4 is 20.6 Å². The van der Waals surface area contributed by atoms with Crippen molar-refractivity contribution in [2.24, 2.45) is 0 Å². The summed E-state index contributed by atoms with van der Waals surface area (Å²) in [5.74, 6) is 8.61. The molecule has 2 aromatic rings. The number of nitrogen functional groups attached to an aromatic ring is 1. The topological polar surface area (TPSA) is 104 Å². The van der Waals surface area contributed by atoms with Gasteiger partial charge in [0.15, 0.2) is 17.3 Å². The number of rotatable bonds is 9. The second-order valence-electron chi connectivity index (χ2n) is 5.62. The average molecular weight is 363 g/mol. The number of amides is 1. The number of carbonyl (C=O) groups is 1. The SMILES string of the molecule is COc1ccccc1OCCNC(=O)CSc1nnc(C2CC2)n1N. The molecule has 1 fully saturated rings. The van der Waals surface area contributed by atoms with Gasteiger partial charge in [0, 0.05) is 5.92 Å². The number of nitrogens with one attached hydrogen (secondary N) is 1. The highest BCUT2D eigenvalue weighted by atomic mass is 32.2. The first-order chi connectivity index (χ1) is 12.2. The smallest absolute Gasteiger partial charge is 0.230 e. The van der Waals surface area contributed by atoms with E-state index in [0.29, 0.717) is 35.7 Å². The highest BCUT2D eigenvalue weighted by Gasteiger charge is 2.29. The first kappa shape index (κ1) is 17.4. The van der Waals surface area contributed by atoms with Gasteiger partial charge in [0.1, 0.15) is 6.61 Å². The summed E-state index contributed by atoms with van der Waals surface area (Å²) in [6.07, 6.45) is 2.21. The Bertz CT molecular complexity index is 732. The number of nitrogens with two attached hydrogens (primary N) is 1. The molecule has 3 N–H and O–H groups in total. The van der Waals surface area contributed by atoms with E-state index in [1.54, 1.807) is 7.11 Å². The average Bonchev–Trinajstić information content (AvgIpc) is 3.40. The van der Waals surface area contributed by atoms with Crippen molar-refractivity contribution in [3.05, 3.63) is 30.1 Å². The summed E-state index contributed by atoms with van der Waals surface area (Å²) in [4.78, 5) is 11.9. The molecular formula is C16H21N5O3S. The molecule has 1 aliphatic carbocycles. The molecule has 0 saturated heterocycles. The summed E-state index contributed by atoms with van der Waals surface area (Å²) < 4.78 is 12.3. The first-order valence-corrected chi connectivity index (χ1v) is 9.03. The molecule has 0 unspecified atom stereocenters. The summed E-state index contributed by atoms with van der Waals surface area (Å²) in [5, 5.41) is 11.5. The largest absolute Gasteiger partial charge is 0.493 e. The minimum atomic E-state index is -0.107. The number of nitrogens with zero attached hydrogens (tertiary/aromatic N) is 3. The summed E-state index contributed by atoms with van der Waals surface area (Å²) in [6, 6.07) is 7.38. The lowest BCUT2D eigenvalue weighted by Crippen LogP contribution is -2.29. The molecule has 25 heavy (non-hydrogen) atoms. The lowest BCUT2D eigenvalue weighted by atomic mass is 10.3. The van der Waals surface area contributed by atoms with Gasteiger partial charge in [-0.2, -0.15) is 0 Å². The summed E-state index contributed by atoms with van der Waals surface area (Å²) >= 11 is 1.27. The molecule has 1 saturated carbocycles. The fraction of sp³-hybridized carbons (Fsp3) is 0.438. The third-order valence-electron chi connectivity index (χ3n) is 3.72. The van der Waals surface area contributed by atoms with Gasteiger partial charge >= 0.3 is 0 Å². The lowest BCUT2D eigenvalue weighted by molar-refractivity contribution is -0.118. The second-order valence-corrected chi connectivity index (χ2v) is 6.57. The van der Waals surface area contributed by atoms with Gasteiger partial charge in [0.05, 0.1) is 19.4 Å². The van der Waals surface area contributed by atoms with E-state index < -0.39 is 0 Å². The van der Waals surface area contributed by atoms with Crippen LogP contribution in [0.2, 0.25) is 0 Å². The van der Waals surface area contributed by atoms with Crippen molar-refractivity contribution in [1.82, 2.24) is 20.2 Å². The highest BCUT2D eigenvalue weighted by molar-refractivity contribution is 7.99. The molecule has 0 atom stereocenters. The zero-order valence-electron chi connectivity index (χ0n) is 14.0. The van der Waals surface area contributed by atoms with Crippen molar-refractivity contribution >= 4 is 17.7 Å². The van der Waals surface area contributed by atoms with Crippen LogP contribution in [0.25, 0.3) is 0 Å². The molecule has 1 aromatic heterocycles. The van der Waals surface area contributed by atoms with Crippen LogP contribution >= 0.6 is 11.8 Å². The van der Waals surface area contributed by atoms with Crippen LogP contribution in [0.5, 0.6) is 11.5 Å². The van der Waals surface area contributed by atoms with Crippen LogP contribution in [-0.2, 0) is 4.79 Å². The predicted molar refractivity (Wildman–Crippen MR) is 94.4 cm³/mol. The molecular weight excluding hydrogens is 342 g/mol. The molecule has 0 spiro atoms. The molecule has 134 valence electrons. The fourth-order valence-corrected chi connectivity index (χ4v) is 2.97.